The molecule has 0 aromatic rings. The summed E-state index contributed by atoms with van der Waals surface area (Å²) in [5.74, 6) is 0.570. The molecule has 0 aliphatic carbocycles. The van der Waals surface area contributed by atoms with Gasteiger partial charge in [0.1, 0.15) is 0 Å². The maximum Gasteiger partial charge on any atom is 0.0614 e. The predicted molar refractivity (Wildman–Crippen MR) is 59.6 cm³/mol. The Morgan fingerprint density at radius 3 is 2.86 bits per heavy atom. The van der Waals surface area contributed by atoms with Crippen LogP contribution < -0.4 is 0 Å². The zero-order chi connectivity index (χ0) is 10.2. The SMILES string of the molecule is CC(C)C1(C)C=NN2C=CC=CC2=C1. The molecule has 2 aliphatic rings. The highest BCUT2D eigenvalue weighted by molar-refractivity contribution is 5.70. The summed E-state index contributed by atoms with van der Waals surface area (Å²) < 4.78 is 0. The topological polar surface area (TPSA) is 15.6 Å². The molecule has 0 aromatic carbocycles. The molecule has 14 heavy (non-hydrogen) atoms. The number of hydrogen-bond donors (Lipinski definition) is 0. The monoisotopic (exact) mass is 188 g/mol. The van der Waals surface area contributed by atoms with Gasteiger partial charge in [0, 0.05) is 17.8 Å². The quantitative estimate of drug-likeness (QED) is 0.617. The summed E-state index contributed by atoms with van der Waals surface area (Å²) in [6.45, 7) is 6.67. The first-order chi connectivity index (χ1) is 6.62. The standard InChI is InChI=1S/C12H16N2/c1-10(2)12(3)8-11-6-4-5-7-14(11)13-9-12/h4-10H,1-3H3. The van der Waals surface area contributed by atoms with Crippen molar-refractivity contribution >= 4 is 6.21 Å². The van der Waals surface area contributed by atoms with Gasteiger partial charge in [-0.3, -0.25) is 0 Å². The number of rotatable bonds is 1. The van der Waals surface area contributed by atoms with E-state index >= 15 is 0 Å². The van der Waals surface area contributed by atoms with Crippen LogP contribution in [0.4, 0.5) is 0 Å². The lowest BCUT2D eigenvalue weighted by Gasteiger charge is -2.33. The van der Waals surface area contributed by atoms with Gasteiger partial charge in [-0.2, -0.15) is 5.10 Å². The zero-order valence-corrected chi connectivity index (χ0v) is 8.94. The van der Waals surface area contributed by atoms with Crippen LogP contribution in [0.25, 0.3) is 0 Å². The summed E-state index contributed by atoms with van der Waals surface area (Å²) in [7, 11) is 0. The van der Waals surface area contributed by atoms with Gasteiger partial charge in [0.05, 0.1) is 5.70 Å². The van der Waals surface area contributed by atoms with Crippen LogP contribution in [-0.2, 0) is 0 Å². The molecule has 1 atom stereocenters. The van der Waals surface area contributed by atoms with Gasteiger partial charge in [0.2, 0.25) is 0 Å². The maximum absolute atomic E-state index is 4.43. The van der Waals surface area contributed by atoms with Gasteiger partial charge < -0.3 is 0 Å². The Balaban J connectivity index is 2.34. The summed E-state index contributed by atoms with van der Waals surface area (Å²) in [6, 6.07) is 0. The molecule has 0 saturated carbocycles. The molecule has 2 heteroatoms. The van der Waals surface area contributed by atoms with E-state index in [0.29, 0.717) is 5.92 Å². The second kappa shape index (κ2) is 3.12. The number of nitrogens with zero attached hydrogens (tertiary/aromatic N) is 2. The lowest BCUT2D eigenvalue weighted by molar-refractivity contribution is 0.379. The molecule has 0 bridgehead atoms. The van der Waals surface area contributed by atoms with E-state index in [4.69, 9.17) is 0 Å². The first kappa shape index (κ1) is 9.25. The molecular weight excluding hydrogens is 172 g/mol. The Labute approximate surface area is 85.3 Å². The van der Waals surface area contributed by atoms with Crippen molar-refractivity contribution in [2.45, 2.75) is 20.8 Å². The van der Waals surface area contributed by atoms with Crippen molar-refractivity contribution in [2.24, 2.45) is 16.4 Å². The molecule has 0 fully saturated rings. The Morgan fingerprint density at radius 2 is 2.14 bits per heavy atom. The second-order valence-electron chi connectivity index (χ2n) is 4.38. The molecular formula is C12H16N2. The van der Waals surface area contributed by atoms with Gasteiger partial charge in [-0.05, 0) is 24.1 Å². The minimum absolute atomic E-state index is 0.0847. The molecule has 0 saturated heterocycles. The number of allylic oxidation sites excluding steroid dienone is 4. The van der Waals surface area contributed by atoms with E-state index in [-0.39, 0.29) is 5.41 Å². The highest BCUT2D eigenvalue weighted by atomic mass is 15.4. The van der Waals surface area contributed by atoms with Crippen molar-refractivity contribution < 1.29 is 0 Å². The first-order valence-electron chi connectivity index (χ1n) is 5.04. The minimum atomic E-state index is 0.0847. The maximum atomic E-state index is 4.43. The molecule has 2 aliphatic heterocycles. The van der Waals surface area contributed by atoms with Gasteiger partial charge in [0.15, 0.2) is 0 Å². The Kier molecular flexibility index (Phi) is 2.06. The molecule has 0 amide bonds. The minimum Gasteiger partial charge on any atom is -0.242 e. The Morgan fingerprint density at radius 1 is 1.36 bits per heavy atom. The van der Waals surface area contributed by atoms with Gasteiger partial charge in [0.25, 0.3) is 0 Å². The third kappa shape index (κ3) is 1.41. The van der Waals surface area contributed by atoms with Crippen molar-refractivity contribution in [3.63, 3.8) is 0 Å². The van der Waals surface area contributed by atoms with Gasteiger partial charge >= 0.3 is 0 Å². The van der Waals surface area contributed by atoms with Crippen LogP contribution in [0.2, 0.25) is 0 Å². The molecule has 0 N–H and O–H groups in total. The van der Waals surface area contributed by atoms with Gasteiger partial charge in [-0.1, -0.05) is 26.8 Å². The average molecular weight is 188 g/mol. The summed E-state index contributed by atoms with van der Waals surface area (Å²) in [5, 5.41) is 6.33. The van der Waals surface area contributed by atoms with Crippen molar-refractivity contribution in [3.8, 4) is 0 Å². The summed E-state index contributed by atoms with van der Waals surface area (Å²) in [4.78, 5) is 0. The van der Waals surface area contributed by atoms with Crippen LogP contribution in [0.1, 0.15) is 20.8 Å². The van der Waals surface area contributed by atoms with Crippen molar-refractivity contribution in [1.29, 1.82) is 0 Å². The Bertz CT molecular complexity index is 347. The Hall–Kier alpha value is -1.31. The third-order valence-corrected chi connectivity index (χ3v) is 3.03. The predicted octanol–water partition coefficient (Wildman–Crippen LogP) is 2.92. The van der Waals surface area contributed by atoms with Gasteiger partial charge in [-0.25, -0.2) is 5.01 Å². The van der Waals surface area contributed by atoms with E-state index < -0.39 is 0 Å². The lowest BCUT2D eigenvalue weighted by Crippen LogP contribution is -2.30. The fourth-order valence-corrected chi connectivity index (χ4v) is 1.53. The second-order valence-corrected chi connectivity index (χ2v) is 4.38. The van der Waals surface area contributed by atoms with Crippen LogP contribution in [0.3, 0.4) is 0 Å². The normalized spacial score (nSPS) is 29.4. The van der Waals surface area contributed by atoms with Crippen LogP contribution in [-0.4, -0.2) is 11.2 Å². The van der Waals surface area contributed by atoms with Crippen molar-refractivity contribution in [2.75, 3.05) is 0 Å². The third-order valence-electron chi connectivity index (χ3n) is 3.03. The van der Waals surface area contributed by atoms with E-state index in [2.05, 4.69) is 38.0 Å². The highest BCUT2D eigenvalue weighted by Gasteiger charge is 2.28. The first-order valence-corrected chi connectivity index (χ1v) is 5.04. The van der Waals surface area contributed by atoms with E-state index in [1.54, 1.807) is 0 Å². The molecule has 2 rings (SSSR count). The molecule has 0 radical (unpaired) electrons. The zero-order valence-electron chi connectivity index (χ0n) is 8.94. The van der Waals surface area contributed by atoms with Crippen LogP contribution >= 0.6 is 0 Å². The molecule has 0 spiro atoms. The van der Waals surface area contributed by atoms with E-state index in [9.17, 15) is 0 Å². The average Bonchev–Trinajstić information content (AvgIpc) is 2.17. The van der Waals surface area contributed by atoms with Crippen LogP contribution in [0.5, 0.6) is 0 Å². The van der Waals surface area contributed by atoms with Crippen molar-refractivity contribution in [1.82, 2.24) is 5.01 Å². The summed E-state index contributed by atoms with van der Waals surface area (Å²) in [5.41, 5.74) is 1.26. The smallest absolute Gasteiger partial charge is 0.0614 e. The van der Waals surface area contributed by atoms with Crippen molar-refractivity contribution in [3.05, 3.63) is 36.2 Å². The fraction of sp³-hybridized carbons (Fsp3) is 0.417. The summed E-state index contributed by atoms with van der Waals surface area (Å²) >= 11 is 0. The summed E-state index contributed by atoms with van der Waals surface area (Å²) in [6.07, 6.45) is 12.4. The largest absolute Gasteiger partial charge is 0.242 e. The molecule has 2 heterocycles. The molecule has 74 valence electrons. The van der Waals surface area contributed by atoms with E-state index in [1.807, 2.05) is 29.6 Å². The molecule has 2 nitrogen and oxygen atoms in total. The van der Waals surface area contributed by atoms with E-state index in [0.717, 1.165) is 0 Å². The van der Waals surface area contributed by atoms with Gasteiger partial charge in [-0.15, -0.1) is 0 Å². The number of hydrazone groups is 1. The van der Waals surface area contributed by atoms with Crippen LogP contribution in [0, 0.1) is 11.3 Å². The fourth-order valence-electron chi connectivity index (χ4n) is 1.53. The van der Waals surface area contributed by atoms with E-state index in [1.165, 1.54) is 5.70 Å². The number of fused-ring (bicyclic) bond motifs is 1. The number of hydrogen-bond acceptors (Lipinski definition) is 2. The molecule has 1 unspecified atom stereocenters. The lowest BCUT2D eigenvalue weighted by atomic mass is 9.79. The highest BCUT2D eigenvalue weighted by Crippen LogP contribution is 2.33. The molecule has 0 aromatic heterocycles. The van der Waals surface area contributed by atoms with Crippen LogP contribution in [0.15, 0.2) is 41.3 Å².